The molecule has 0 saturated heterocycles. The van der Waals surface area contributed by atoms with E-state index in [-0.39, 0.29) is 27.0 Å². The molecule has 0 bridgehead atoms. The quantitative estimate of drug-likeness (QED) is 0.559. The normalized spacial score (nSPS) is 11.8. The number of rotatable bonds is 2. The zero-order valence-electron chi connectivity index (χ0n) is 12.3. The Morgan fingerprint density at radius 1 is 0.880 bits per heavy atom. The summed E-state index contributed by atoms with van der Waals surface area (Å²) in [5.74, 6) is -0.232. The van der Waals surface area contributed by atoms with Gasteiger partial charge in [-0.05, 0) is 36.4 Å². The molecule has 0 spiro atoms. The lowest BCUT2D eigenvalue weighted by atomic mass is 10.0. The summed E-state index contributed by atoms with van der Waals surface area (Å²) in [7, 11) is 0. The molecule has 0 amide bonds. The van der Waals surface area contributed by atoms with Crippen LogP contribution in [0.5, 0.6) is 0 Å². The number of hydrogen-bond donors (Lipinski definition) is 1. The van der Waals surface area contributed by atoms with Gasteiger partial charge in [-0.1, -0.05) is 40.9 Å². The van der Waals surface area contributed by atoms with Gasteiger partial charge in [-0.3, -0.25) is 0 Å². The van der Waals surface area contributed by atoms with Gasteiger partial charge in [0.05, 0.1) is 21.3 Å². The fraction of sp³-hybridized carbons (Fsp3) is 0.0625. The van der Waals surface area contributed by atoms with E-state index in [1.54, 1.807) is 0 Å². The molecule has 25 heavy (non-hydrogen) atoms. The van der Waals surface area contributed by atoms with Crippen LogP contribution >= 0.6 is 34.8 Å². The Hall–Kier alpha value is -1.89. The van der Waals surface area contributed by atoms with E-state index >= 15 is 0 Å². The smallest absolute Gasteiger partial charge is 0.383 e. The third-order valence-electron chi connectivity index (χ3n) is 3.47. The van der Waals surface area contributed by atoms with E-state index in [1.165, 1.54) is 42.5 Å². The highest BCUT2D eigenvalue weighted by Gasteiger charge is 2.40. The SMILES string of the molecule is Nc1c(-c2c(Cl)cccc2Cl)c(C(F)(F)F)nn1-c1ccc(Cl)cc1. The first-order chi connectivity index (χ1) is 11.7. The minimum Gasteiger partial charge on any atom is -0.383 e. The van der Waals surface area contributed by atoms with E-state index in [9.17, 15) is 13.2 Å². The number of alkyl halides is 3. The van der Waals surface area contributed by atoms with Crippen LogP contribution in [0.4, 0.5) is 19.0 Å². The molecule has 1 aromatic heterocycles. The first kappa shape index (κ1) is 17.9. The van der Waals surface area contributed by atoms with E-state index < -0.39 is 11.9 Å². The molecule has 3 aromatic rings. The maximum absolute atomic E-state index is 13.5. The van der Waals surface area contributed by atoms with Crippen molar-refractivity contribution >= 4 is 40.6 Å². The molecule has 1 heterocycles. The van der Waals surface area contributed by atoms with Gasteiger partial charge in [0.25, 0.3) is 0 Å². The Morgan fingerprint density at radius 2 is 1.44 bits per heavy atom. The van der Waals surface area contributed by atoms with Gasteiger partial charge in [0.15, 0.2) is 5.69 Å². The summed E-state index contributed by atoms with van der Waals surface area (Å²) < 4.78 is 41.6. The zero-order valence-corrected chi connectivity index (χ0v) is 14.5. The number of nitrogen functional groups attached to an aromatic ring is 1. The van der Waals surface area contributed by atoms with Crippen molar-refractivity contribution in [1.82, 2.24) is 9.78 Å². The molecule has 0 aliphatic rings. The van der Waals surface area contributed by atoms with Gasteiger partial charge in [-0.15, -0.1) is 0 Å². The second-order valence-electron chi connectivity index (χ2n) is 5.09. The molecule has 0 saturated carbocycles. The third kappa shape index (κ3) is 3.29. The highest BCUT2D eigenvalue weighted by atomic mass is 35.5. The second-order valence-corrected chi connectivity index (χ2v) is 6.34. The third-order valence-corrected chi connectivity index (χ3v) is 4.36. The van der Waals surface area contributed by atoms with E-state index in [0.717, 1.165) is 4.68 Å². The number of aromatic nitrogens is 2. The predicted molar refractivity (Wildman–Crippen MR) is 93.4 cm³/mol. The van der Waals surface area contributed by atoms with Crippen molar-refractivity contribution in [1.29, 1.82) is 0 Å². The summed E-state index contributed by atoms with van der Waals surface area (Å²) in [6, 6.07) is 10.4. The maximum Gasteiger partial charge on any atom is 0.435 e. The van der Waals surface area contributed by atoms with Crippen molar-refractivity contribution in [2.45, 2.75) is 6.18 Å². The van der Waals surface area contributed by atoms with Crippen LogP contribution in [-0.4, -0.2) is 9.78 Å². The van der Waals surface area contributed by atoms with Crippen molar-refractivity contribution in [2.75, 3.05) is 5.73 Å². The minimum atomic E-state index is -4.75. The van der Waals surface area contributed by atoms with Crippen LogP contribution in [0.3, 0.4) is 0 Å². The molecule has 0 atom stereocenters. The molecule has 9 heteroatoms. The minimum absolute atomic E-state index is 0.0177. The van der Waals surface area contributed by atoms with Crippen molar-refractivity contribution in [3.63, 3.8) is 0 Å². The number of anilines is 1. The van der Waals surface area contributed by atoms with Crippen LogP contribution in [0, 0.1) is 0 Å². The second kappa shape index (κ2) is 6.44. The van der Waals surface area contributed by atoms with Crippen LogP contribution < -0.4 is 5.73 Å². The molecule has 3 rings (SSSR count). The van der Waals surface area contributed by atoms with Crippen molar-refractivity contribution < 1.29 is 13.2 Å². The molecule has 0 unspecified atom stereocenters. The molecule has 2 N–H and O–H groups in total. The lowest BCUT2D eigenvalue weighted by Gasteiger charge is -2.10. The van der Waals surface area contributed by atoms with Crippen LogP contribution in [0.2, 0.25) is 15.1 Å². The van der Waals surface area contributed by atoms with Gasteiger partial charge in [-0.25, -0.2) is 4.68 Å². The molecule has 0 aliphatic heterocycles. The number of nitrogens with zero attached hydrogens (tertiary/aromatic N) is 2. The Morgan fingerprint density at radius 3 is 1.96 bits per heavy atom. The molecular formula is C16H9Cl3F3N3. The molecule has 2 aromatic carbocycles. The average Bonchev–Trinajstić information content (AvgIpc) is 2.86. The summed E-state index contributed by atoms with van der Waals surface area (Å²) in [4.78, 5) is 0. The molecule has 130 valence electrons. The molecule has 0 fully saturated rings. The lowest BCUT2D eigenvalue weighted by molar-refractivity contribution is -0.140. The van der Waals surface area contributed by atoms with E-state index in [2.05, 4.69) is 5.10 Å². The number of halogens is 6. The molecule has 0 radical (unpaired) electrons. The fourth-order valence-corrected chi connectivity index (χ4v) is 3.10. The van der Waals surface area contributed by atoms with Gasteiger partial charge >= 0.3 is 6.18 Å². The molecule has 0 aliphatic carbocycles. The Balaban J connectivity index is 2.33. The zero-order chi connectivity index (χ0) is 18.4. The topological polar surface area (TPSA) is 43.8 Å². The van der Waals surface area contributed by atoms with E-state index in [1.807, 2.05) is 0 Å². The summed E-state index contributed by atoms with van der Waals surface area (Å²) >= 11 is 18.0. The summed E-state index contributed by atoms with van der Waals surface area (Å²) in [6.45, 7) is 0. The van der Waals surface area contributed by atoms with Gasteiger partial charge in [0, 0.05) is 10.6 Å². The highest BCUT2D eigenvalue weighted by Crippen LogP contribution is 2.45. The van der Waals surface area contributed by atoms with Crippen molar-refractivity contribution in [3.8, 4) is 16.8 Å². The summed E-state index contributed by atoms with van der Waals surface area (Å²) in [5.41, 5.74) is 4.76. The van der Waals surface area contributed by atoms with Crippen molar-refractivity contribution in [2.24, 2.45) is 0 Å². The Kier molecular flexibility index (Phi) is 4.62. The average molecular weight is 407 g/mol. The van der Waals surface area contributed by atoms with Crippen LogP contribution in [0.15, 0.2) is 42.5 Å². The largest absolute Gasteiger partial charge is 0.435 e. The molecule has 3 nitrogen and oxygen atoms in total. The standard InChI is InChI=1S/C16H9Cl3F3N3/c17-8-4-6-9(7-5-8)25-15(23)13(14(24-25)16(20,21)22)12-10(18)2-1-3-11(12)19/h1-7H,23H2. The van der Waals surface area contributed by atoms with Crippen LogP contribution in [0.25, 0.3) is 16.8 Å². The van der Waals surface area contributed by atoms with Gasteiger partial charge in [0.1, 0.15) is 5.82 Å². The summed E-state index contributed by atoms with van der Waals surface area (Å²) in [5, 5.41) is 4.16. The highest BCUT2D eigenvalue weighted by molar-refractivity contribution is 6.39. The van der Waals surface area contributed by atoms with E-state index in [0.29, 0.717) is 10.7 Å². The monoisotopic (exact) mass is 405 g/mol. The maximum atomic E-state index is 13.5. The first-order valence-corrected chi connectivity index (χ1v) is 7.99. The van der Waals surface area contributed by atoms with E-state index in [4.69, 9.17) is 40.5 Å². The number of benzene rings is 2. The lowest BCUT2D eigenvalue weighted by Crippen LogP contribution is -2.08. The Bertz CT molecular complexity index is 914. The van der Waals surface area contributed by atoms with Gasteiger partial charge < -0.3 is 5.73 Å². The Labute approximate surface area is 155 Å². The van der Waals surface area contributed by atoms with Crippen molar-refractivity contribution in [3.05, 3.63) is 63.2 Å². The molecular weight excluding hydrogens is 398 g/mol. The number of nitrogens with two attached hydrogens (primary N) is 1. The predicted octanol–water partition coefficient (Wildman–Crippen LogP) is 6.10. The van der Waals surface area contributed by atoms with Crippen LogP contribution in [-0.2, 0) is 6.18 Å². The van der Waals surface area contributed by atoms with Gasteiger partial charge in [-0.2, -0.15) is 18.3 Å². The van der Waals surface area contributed by atoms with Gasteiger partial charge in [0.2, 0.25) is 0 Å². The first-order valence-electron chi connectivity index (χ1n) is 6.86. The summed E-state index contributed by atoms with van der Waals surface area (Å²) in [6.07, 6.45) is -4.75. The fourth-order valence-electron chi connectivity index (χ4n) is 2.39. The van der Waals surface area contributed by atoms with Crippen LogP contribution in [0.1, 0.15) is 5.69 Å². The number of hydrogen-bond acceptors (Lipinski definition) is 2.